The zero-order valence-corrected chi connectivity index (χ0v) is 19.9. The molecule has 10 heteroatoms. The van der Waals surface area contributed by atoms with Gasteiger partial charge in [0.2, 0.25) is 21.8 Å². The van der Waals surface area contributed by atoms with Crippen molar-refractivity contribution in [2.45, 2.75) is 37.1 Å². The first-order chi connectivity index (χ1) is 16.3. The number of nitrogens with zero attached hydrogens (tertiary/aromatic N) is 3. The number of carbonyl (C=O) groups excluding carboxylic acids is 2. The first-order valence-corrected chi connectivity index (χ1v) is 12.9. The lowest BCUT2D eigenvalue weighted by atomic mass is 10.0. The third-order valence-corrected chi connectivity index (χ3v) is 8.19. The Bertz CT molecular complexity index is 1130. The van der Waals surface area contributed by atoms with Gasteiger partial charge >= 0.3 is 0 Å². The van der Waals surface area contributed by atoms with Crippen LogP contribution in [-0.4, -0.2) is 67.1 Å². The van der Waals surface area contributed by atoms with Crippen molar-refractivity contribution in [1.29, 1.82) is 0 Å². The van der Waals surface area contributed by atoms with E-state index in [0.29, 0.717) is 19.6 Å². The first kappa shape index (κ1) is 24.2. The van der Waals surface area contributed by atoms with Crippen molar-refractivity contribution in [2.24, 2.45) is 5.73 Å². The summed E-state index contributed by atoms with van der Waals surface area (Å²) >= 11 is 0. The van der Waals surface area contributed by atoms with Gasteiger partial charge in [0.05, 0.1) is 24.2 Å². The molecular weight excluding hydrogens is 456 g/mol. The molecule has 0 bridgehead atoms. The van der Waals surface area contributed by atoms with E-state index in [0.717, 1.165) is 37.1 Å². The van der Waals surface area contributed by atoms with Gasteiger partial charge in [0.25, 0.3) is 0 Å². The second kappa shape index (κ2) is 10.5. The molecule has 0 unspecified atom stereocenters. The number of sulfonamides is 1. The average Bonchev–Trinajstić information content (AvgIpc) is 3.37. The molecule has 0 atom stereocenters. The average molecular weight is 487 g/mol. The Hall–Kier alpha value is -2.95. The second-order valence-corrected chi connectivity index (χ2v) is 10.5. The number of carbonyl (C=O) groups is 2. The maximum atomic E-state index is 13.3. The van der Waals surface area contributed by atoms with Crippen LogP contribution in [0.5, 0.6) is 0 Å². The summed E-state index contributed by atoms with van der Waals surface area (Å²) in [4.78, 5) is 28.4. The number of rotatable bonds is 8. The van der Waals surface area contributed by atoms with E-state index in [2.05, 4.69) is 6.08 Å². The summed E-state index contributed by atoms with van der Waals surface area (Å²) in [7, 11) is -3.69. The van der Waals surface area contributed by atoms with Crippen molar-refractivity contribution < 1.29 is 22.4 Å². The molecule has 1 aromatic carbocycles. The SMILES string of the molecule is NC(=O)c1ccc(S(=O)(=O)N2CCN(CC(=O)N(Cc3ccco3)C3=CCCCC3)CC2)cc1. The van der Waals surface area contributed by atoms with E-state index < -0.39 is 15.9 Å². The Morgan fingerprint density at radius 2 is 1.76 bits per heavy atom. The van der Waals surface area contributed by atoms with Crippen molar-refractivity contribution in [1.82, 2.24) is 14.1 Å². The Morgan fingerprint density at radius 1 is 1.03 bits per heavy atom. The molecule has 1 saturated heterocycles. The molecule has 2 amide bonds. The minimum atomic E-state index is -3.69. The van der Waals surface area contributed by atoms with Crippen LogP contribution in [0.4, 0.5) is 0 Å². The number of benzene rings is 1. The Balaban J connectivity index is 1.37. The lowest BCUT2D eigenvalue weighted by molar-refractivity contribution is -0.131. The molecule has 4 rings (SSSR count). The standard InChI is InChI=1S/C24H30N4O5S/c25-24(30)19-8-10-22(11-9-19)34(31,32)27-14-12-26(13-15-27)18-23(29)28(17-21-7-4-16-33-21)20-5-2-1-3-6-20/h4-5,7-11,16H,1-3,6,12-15,17-18H2,(H2,25,30). The minimum absolute atomic E-state index is 0.0112. The smallest absolute Gasteiger partial charge is 0.248 e. The highest BCUT2D eigenvalue weighted by Gasteiger charge is 2.30. The first-order valence-electron chi connectivity index (χ1n) is 11.5. The molecule has 1 aromatic heterocycles. The molecule has 34 heavy (non-hydrogen) atoms. The summed E-state index contributed by atoms with van der Waals surface area (Å²) in [6, 6.07) is 9.30. The molecular formula is C24H30N4O5S. The lowest BCUT2D eigenvalue weighted by Gasteiger charge is -2.35. The lowest BCUT2D eigenvalue weighted by Crippen LogP contribution is -2.51. The summed E-state index contributed by atoms with van der Waals surface area (Å²) in [5.41, 5.74) is 6.53. The number of amides is 2. The minimum Gasteiger partial charge on any atom is -0.467 e. The molecule has 1 aliphatic heterocycles. The van der Waals surface area contributed by atoms with E-state index in [1.54, 1.807) is 11.2 Å². The fourth-order valence-corrected chi connectivity index (χ4v) is 5.74. The monoisotopic (exact) mass is 486 g/mol. The Kier molecular flexibility index (Phi) is 7.50. The molecule has 9 nitrogen and oxygen atoms in total. The molecule has 0 radical (unpaired) electrons. The van der Waals surface area contributed by atoms with Crippen LogP contribution < -0.4 is 5.73 Å². The number of primary amides is 1. The van der Waals surface area contributed by atoms with Gasteiger partial charge in [0.1, 0.15) is 5.76 Å². The predicted octanol–water partition coefficient (Wildman–Crippen LogP) is 2.17. The highest BCUT2D eigenvalue weighted by atomic mass is 32.2. The van der Waals surface area contributed by atoms with Crippen molar-refractivity contribution >= 4 is 21.8 Å². The molecule has 2 aromatic rings. The van der Waals surface area contributed by atoms with Crippen LogP contribution in [0.1, 0.15) is 41.8 Å². The maximum absolute atomic E-state index is 13.3. The Morgan fingerprint density at radius 3 is 2.35 bits per heavy atom. The summed E-state index contributed by atoms with van der Waals surface area (Å²) in [6.07, 6.45) is 7.77. The van der Waals surface area contributed by atoms with Crippen LogP contribution in [0, 0.1) is 0 Å². The molecule has 2 heterocycles. The zero-order chi connectivity index (χ0) is 24.1. The summed E-state index contributed by atoms with van der Waals surface area (Å²) < 4.78 is 32.9. The number of piperazine rings is 1. The van der Waals surface area contributed by atoms with Crippen LogP contribution in [0.2, 0.25) is 0 Å². The number of allylic oxidation sites excluding steroid dienone is 2. The Labute approximate surface area is 199 Å². The van der Waals surface area contributed by atoms with Gasteiger partial charge in [-0.25, -0.2) is 8.42 Å². The number of hydrogen-bond acceptors (Lipinski definition) is 6. The number of nitrogens with two attached hydrogens (primary N) is 1. The number of furan rings is 1. The van der Waals surface area contributed by atoms with E-state index in [9.17, 15) is 18.0 Å². The van der Waals surface area contributed by atoms with Gasteiger partial charge in [0, 0.05) is 37.4 Å². The van der Waals surface area contributed by atoms with E-state index in [1.165, 1.54) is 28.6 Å². The highest BCUT2D eigenvalue weighted by molar-refractivity contribution is 7.89. The molecule has 2 N–H and O–H groups in total. The van der Waals surface area contributed by atoms with E-state index >= 15 is 0 Å². The fraction of sp³-hybridized carbons (Fsp3) is 0.417. The van der Waals surface area contributed by atoms with Crippen LogP contribution >= 0.6 is 0 Å². The van der Waals surface area contributed by atoms with Gasteiger partial charge in [-0.1, -0.05) is 6.08 Å². The predicted molar refractivity (Wildman–Crippen MR) is 126 cm³/mol. The van der Waals surface area contributed by atoms with Crippen molar-refractivity contribution in [3.05, 3.63) is 65.8 Å². The third kappa shape index (κ3) is 5.57. The van der Waals surface area contributed by atoms with Gasteiger partial charge < -0.3 is 15.1 Å². The van der Waals surface area contributed by atoms with Gasteiger partial charge in [0.15, 0.2) is 0 Å². The van der Waals surface area contributed by atoms with E-state index in [-0.39, 0.29) is 36.0 Å². The largest absolute Gasteiger partial charge is 0.467 e. The second-order valence-electron chi connectivity index (χ2n) is 8.57. The molecule has 0 spiro atoms. The summed E-state index contributed by atoms with van der Waals surface area (Å²) in [5, 5.41) is 0. The van der Waals surface area contributed by atoms with Crippen molar-refractivity contribution in [3.63, 3.8) is 0 Å². The van der Waals surface area contributed by atoms with E-state index in [1.807, 2.05) is 17.0 Å². The van der Waals surface area contributed by atoms with Crippen molar-refractivity contribution in [3.8, 4) is 0 Å². The molecule has 2 aliphatic rings. The topological polar surface area (TPSA) is 117 Å². The maximum Gasteiger partial charge on any atom is 0.248 e. The third-order valence-electron chi connectivity index (χ3n) is 6.28. The van der Waals surface area contributed by atoms with Crippen LogP contribution in [0.25, 0.3) is 0 Å². The normalized spacial score (nSPS) is 17.8. The van der Waals surface area contributed by atoms with Gasteiger partial charge in [-0.05, 0) is 62.1 Å². The zero-order valence-electron chi connectivity index (χ0n) is 19.1. The summed E-state index contributed by atoms with van der Waals surface area (Å²) in [5.74, 6) is 0.119. The fourth-order valence-electron chi connectivity index (χ4n) is 4.32. The van der Waals surface area contributed by atoms with E-state index in [4.69, 9.17) is 10.2 Å². The highest BCUT2D eigenvalue weighted by Crippen LogP contribution is 2.24. The van der Waals surface area contributed by atoms with Gasteiger partial charge in [-0.3, -0.25) is 14.5 Å². The number of hydrogen-bond donors (Lipinski definition) is 1. The van der Waals surface area contributed by atoms with Crippen LogP contribution in [-0.2, 0) is 21.4 Å². The molecule has 1 fully saturated rings. The molecule has 182 valence electrons. The van der Waals surface area contributed by atoms with Gasteiger partial charge in [-0.15, -0.1) is 0 Å². The van der Waals surface area contributed by atoms with Crippen LogP contribution in [0.3, 0.4) is 0 Å². The van der Waals surface area contributed by atoms with Gasteiger partial charge in [-0.2, -0.15) is 4.31 Å². The van der Waals surface area contributed by atoms with Crippen LogP contribution in [0.15, 0.2) is 63.7 Å². The quantitative estimate of drug-likeness (QED) is 0.611. The van der Waals surface area contributed by atoms with Crippen molar-refractivity contribution in [2.75, 3.05) is 32.7 Å². The summed E-state index contributed by atoms with van der Waals surface area (Å²) in [6.45, 7) is 2.10. The molecule has 1 aliphatic carbocycles. The molecule has 0 saturated carbocycles.